The summed E-state index contributed by atoms with van der Waals surface area (Å²) in [5, 5.41) is 3.37. The van der Waals surface area contributed by atoms with E-state index in [2.05, 4.69) is 22.2 Å². The van der Waals surface area contributed by atoms with Gasteiger partial charge in [0.05, 0.1) is 6.10 Å². The molecule has 0 aliphatic carbocycles. The van der Waals surface area contributed by atoms with E-state index in [1.54, 1.807) is 0 Å². The van der Waals surface area contributed by atoms with Crippen LogP contribution in [0.25, 0.3) is 0 Å². The van der Waals surface area contributed by atoms with E-state index < -0.39 is 0 Å². The lowest BCUT2D eigenvalue weighted by Crippen LogP contribution is -2.06. The molecule has 1 aromatic carbocycles. The molecule has 0 fully saturated rings. The number of anilines is 1. The molecule has 0 spiro atoms. The van der Waals surface area contributed by atoms with E-state index in [4.69, 9.17) is 4.74 Å². The van der Waals surface area contributed by atoms with Gasteiger partial charge >= 0.3 is 0 Å². The summed E-state index contributed by atoms with van der Waals surface area (Å²) in [6.45, 7) is 6.83. The first-order valence-electron chi connectivity index (χ1n) is 6.40. The van der Waals surface area contributed by atoms with Crippen LogP contribution in [0.2, 0.25) is 0 Å². The zero-order valence-corrected chi connectivity index (χ0v) is 11.6. The second kappa shape index (κ2) is 6.18. The Labute approximate surface area is 113 Å². The molecule has 0 aliphatic heterocycles. The molecule has 0 bridgehead atoms. The molecule has 0 saturated carbocycles. The van der Waals surface area contributed by atoms with Crippen LogP contribution in [0, 0.1) is 6.92 Å². The van der Waals surface area contributed by atoms with Crippen LogP contribution in [0.15, 0.2) is 36.9 Å². The molecule has 0 unspecified atom stereocenters. The van der Waals surface area contributed by atoms with Crippen LogP contribution in [0.3, 0.4) is 0 Å². The number of benzene rings is 1. The maximum atomic E-state index is 5.67. The van der Waals surface area contributed by atoms with Crippen molar-refractivity contribution >= 4 is 5.69 Å². The Kier molecular flexibility index (Phi) is 4.34. The van der Waals surface area contributed by atoms with E-state index >= 15 is 0 Å². The minimum atomic E-state index is 0.194. The third kappa shape index (κ3) is 3.95. The van der Waals surface area contributed by atoms with E-state index in [0.29, 0.717) is 6.54 Å². The molecule has 2 aromatic rings. The van der Waals surface area contributed by atoms with Crippen molar-refractivity contribution in [1.82, 2.24) is 9.97 Å². The lowest BCUT2D eigenvalue weighted by molar-refractivity contribution is 0.242. The third-order valence-electron chi connectivity index (χ3n) is 2.67. The average Bonchev–Trinajstić information content (AvgIpc) is 2.38. The highest BCUT2D eigenvalue weighted by Crippen LogP contribution is 2.22. The zero-order chi connectivity index (χ0) is 13.7. The number of aromatic nitrogens is 2. The molecule has 1 heterocycles. The lowest BCUT2D eigenvalue weighted by atomic mass is 10.2. The van der Waals surface area contributed by atoms with Gasteiger partial charge in [0.25, 0.3) is 0 Å². The fraction of sp³-hybridized carbons (Fsp3) is 0.333. The first kappa shape index (κ1) is 13.3. The Morgan fingerprint density at radius 2 is 1.95 bits per heavy atom. The van der Waals surface area contributed by atoms with Crippen molar-refractivity contribution in [1.29, 1.82) is 0 Å². The number of hydrogen-bond acceptors (Lipinski definition) is 4. The predicted molar refractivity (Wildman–Crippen MR) is 76.3 cm³/mol. The normalized spacial score (nSPS) is 10.5. The first-order chi connectivity index (χ1) is 9.15. The molecule has 1 N–H and O–H groups in total. The van der Waals surface area contributed by atoms with Crippen molar-refractivity contribution in [3.05, 3.63) is 48.0 Å². The smallest absolute Gasteiger partial charge is 0.120 e. The number of aryl methyl sites for hydroxylation is 1. The number of rotatable bonds is 5. The Balaban J connectivity index is 2.01. The summed E-state index contributed by atoms with van der Waals surface area (Å²) in [5.41, 5.74) is 3.32. The van der Waals surface area contributed by atoms with Crippen LogP contribution in [0.5, 0.6) is 5.75 Å². The second-order valence-corrected chi connectivity index (χ2v) is 4.74. The molecule has 2 rings (SSSR count). The van der Waals surface area contributed by atoms with Crippen LogP contribution in [-0.4, -0.2) is 16.1 Å². The minimum Gasteiger partial charge on any atom is -0.491 e. The van der Waals surface area contributed by atoms with Crippen LogP contribution >= 0.6 is 0 Å². The monoisotopic (exact) mass is 257 g/mol. The summed E-state index contributed by atoms with van der Waals surface area (Å²) in [4.78, 5) is 7.99. The SMILES string of the molecule is Cc1cc(OC(C)C)ccc1NCc1cncnc1. The molecule has 100 valence electrons. The van der Waals surface area contributed by atoms with Gasteiger partial charge in [-0.2, -0.15) is 0 Å². The number of hydrogen-bond donors (Lipinski definition) is 1. The van der Waals surface area contributed by atoms with Crippen molar-refractivity contribution in [2.24, 2.45) is 0 Å². The molecule has 4 heteroatoms. The molecular weight excluding hydrogens is 238 g/mol. The number of nitrogens with zero attached hydrogens (tertiary/aromatic N) is 2. The first-order valence-corrected chi connectivity index (χ1v) is 6.40. The highest BCUT2D eigenvalue weighted by atomic mass is 16.5. The van der Waals surface area contributed by atoms with Crippen molar-refractivity contribution in [2.75, 3.05) is 5.32 Å². The molecule has 0 radical (unpaired) electrons. The number of ether oxygens (including phenoxy) is 1. The molecule has 1 aromatic heterocycles. The van der Waals surface area contributed by atoms with Gasteiger partial charge < -0.3 is 10.1 Å². The summed E-state index contributed by atoms with van der Waals surface area (Å²) >= 11 is 0. The quantitative estimate of drug-likeness (QED) is 0.893. The Bertz CT molecular complexity index is 526. The van der Waals surface area contributed by atoms with Crippen molar-refractivity contribution in [3.63, 3.8) is 0 Å². The lowest BCUT2D eigenvalue weighted by Gasteiger charge is -2.13. The topological polar surface area (TPSA) is 47.0 Å². The van der Waals surface area contributed by atoms with Crippen LogP contribution in [0.4, 0.5) is 5.69 Å². The van der Waals surface area contributed by atoms with Gasteiger partial charge in [-0.25, -0.2) is 9.97 Å². The minimum absolute atomic E-state index is 0.194. The molecule has 0 amide bonds. The zero-order valence-electron chi connectivity index (χ0n) is 11.6. The summed E-state index contributed by atoms with van der Waals surface area (Å²) in [7, 11) is 0. The standard InChI is InChI=1S/C15H19N3O/c1-11(2)19-14-4-5-15(12(3)6-14)18-9-13-7-16-10-17-8-13/h4-8,10-11,18H,9H2,1-3H3. The maximum Gasteiger partial charge on any atom is 0.120 e. The van der Waals surface area contributed by atoms with Gasteiger partial charge in [0.1, 0.15) is 12.1 Å². The molecule has 0 aliphatic rings. The van der Waals surface area contributed by atoms with Crippen LogP contribution < -0.4 is 10.1 Å². The summed E-state index contributed by atoms with van der Waals surface area (Å²) in [6.07, 6.45) is 5.35. The summed E-state index contributed by atoms with van der Waals surface area (Å²) < 4.78 is 5.67. The van der Waals surface area contributed by atoms with Gasteiger partial charge in [-0.15, -0.1) is 0 Å². The average molecular weight is 257 g/mol. The molecule has 0 saturated heterocycles. The van der Waals surface area contributed by atoms with E-state index in [1.165, 1.54) is 6.33 Å². The molecular formula is C15H19N3O. The van der Waals surface area contributed by atoms with Gasteiger partial charge in [0, 0.05) is 30.2 Å². The molecule has 19 heavy (non-hydrogen) atoms. The van der Waals surface area contributed by atoms with Crippen molar-refractivity contribution in [2.45, 2.75) is 33.4 Å². The summed E-state index contributed by atoms with van der Waals surface area (Å²) in [5.74, 6) is 0.904. The molecule has 0 atom stereocenters. The van der Waals surface area contributed by atoms with Gasteiger partial charge in [-0.1, -0.05) is 0 Å². The Morgan fingerprint density at radius 3 is 2.58 bits per heavy atom. The van der Waals surface area contributed by atoms with Crippen LogP contribution in [-0.2, 0) is 6.54 Å². The Morgan fingerprint density at radius 1 is 1.21 bits per heavy atom. The van der Waals surface area contributed by atoms with Gasteiger partial charge in [-0.05, 0) is 44.5 Å². The van der Waals surface area contributed by atoms with Gasteiger partial charge in [0.15, 0.2) is 0 Å². The maximum absolute atomic E-state index is 5.67. The van der Waals surface area contributed by atoms with E-state index in [-0.39, 0.29) is 6.10 Å². The molecule has 4 nitrogen and oxygen atoms in total. The Hall–Kier alpha value is -2.10. The van der Waals surface area contributed by atoms with Crippen LogP contribution in [0.1, 0.15) is 25.0 Å². The van der Waals surface area contributed by atoms with Gasteiger partial charge in [-0.3, -0.25) is 0 Å². The van der Waals surface area contributed by atoms with Gasteiger partial charge in [0.2, 0.25) is 0 Å². The fourth-order valence-electron chi connectivity index (χ4n) is 1.80. The largest absolute Gasteiger partial charge is 0.491 e. The predicted octanol–water partition coefficient (Wildman–Crippen LogP) is 3.18. The summed E-state index contributed by atoms with van der Waals surface area (Å²) in [6, 6.07) is 6.07. The second-order valence-electron chi connectivity index (χ2n) is 4.74. The fourth-order valence-corrected chi connectivity index (χ4v) is 1.80. The third-order valence-corrected chi connectivity index (χ3v) is 2.67. The van der Waals surface area contributed by atoms with Crippen molar-refractivity contribution < 1.29 is 4.74 Å². The number of nitrogens with one attached hydrogen (secondary N) is 1. The van der Waals surface area contributed by atoms with E-state index in [0.717, 1.165) is 22.6 Å². The van der Waals surface area contributed by atoms with Crippen molar-refractivity contribution in [3.8, 4) is 5.75 Å². The highest BCUT2D eigenvalue weighted by Gasteiger charge is 2.02. The van der Waals surface area contributed by atoms with E-state index in [1.807, 2.05) is 44.4 Å². The highest BCUT2D eigenvalue weighted by molar-refractivity contribution is 5.53. The van der Waals surface area contributed by atoms with E-state index in [9.17, 15) is 0 Å².